The first kappa shape index (κ1) is 20.0. The third-order valence-electron chi connectivity index (χ3n) is 5.18. The maximum atomic E-state index is 13.0. The van der Waals surface area contributed by atoms with Gasteiger partial charge in [0.2, 0.25) is 0 Å². The fourth-order valence-corrected chi connectivity index (χ4v) is 3.73. The van der Waals surface area contributed by atoms with Gasteiger partial charge in [-0.05, 0) is 11.1 Å². The minimum atomic E-state index is -0.958. The molecule has 1 aliphatic rings. The van der Waals surface area contributed by atoms with Gasteiger partial charge in [0.15, 0.2) is 0 Å². The lowest BCUT2D eigenvalue weighted by Gasteiger charge is -2.25. The molecule has 7 nitrogen and oxygen atoms in total. The SMILES string of the molecule is O=C1C(=O)N(Cc2ccccc2)C(c2cccc([N+](=O)[O-])c2)/C1=C(\O)c1ccccc1. The quantitative estimate of drug-likeness (QED) is 0.222. The Morgan fingerprint density at radius 1 is 0.935 bits per heavy atom. The van der Waals surface area contributed by atoms with Crippen molar-refractivity contribution in [1.29, 1.82) is 0 Å². The molecule has 1 N–H and O–H groups in total. The zero-order valence-electron chi connectivity index (χ0n) is 16.3. The van der Waals surface area contributed by atoms with Gasteiger partial charge < -0.3 is 10.0 Å². The fourth-order valence-electron chi connectivity index (χ4n) is 3.73. The van der Waals surface area contributed by atoms with Crippen LogP contribution in [0.25, 0.3) is 5.76 Å². The molecule has 1 heterocycles. The number of aliphatic hydroxyl groups is 1. The van der Waals surface area contributed by atoms with Crippen LogP contribution < -0.4 is 0 Å². The van der Waals surface area contributed by atoms with Crippen molar-refractivity contribution < 1.29 is 19.6 Å². The molecule has 0 radical (unpaired) electrons. The maximum Gasteiger partial charge on any atom is 0.295 e. The minimum Gasteiger partial charge on any atom is -0.507 e. The molecule has 0 saturated carbocycles. The summed E-state index contributed by atoms with van der Waals surface area (Å²) in [4.78, 5) is 38.0. The molecular weight excluding hydrogens is 396 g/mol. The zero-order valence-corrected chi connectivity index (χ0v) is 16.3. The molecule has 4 rings (SSSR count). The van der Waals surface area contributed by atoms with Crippen molar-refractivity contribution in [1.82, 2.24) is 4.90 Å². The molecule has 1 aliphatic heterocycles. The predicted molar refractivity (Wildman–Crippen MR) is 114 cm³/mol. The number of benzene rings is 3. The van der Waals surface area contributed by atoms with E-state index in [1.54, 1.807) is 36.4 Å². The van der Waals surface area contributed by atoms with E-state index in [1.807, 2.05) is 30.3 Å². The second kappa shape index (κ2) is 8.23. The average Bonchev–Trinajstić information content (AvgIpc) is 3.05. The molecule has 0 aliphatic carbocycles. The van der Waals surface area contributed by atoms with Gasteiger partial charge >= 0.3 is 0 Å². The maximum absolute atomic E-state index is 13.0. The third kappa shape index (κ3) is 3.81. The molecule has 0 aromatic heterocycles. The Labute approximate surface area is 178 Å². The largest absolute Gasteiger partial charge is 0.507 e. The molecule has 1 fully saturated rings. The van der Waals surface area contributed by atoms with Gasteiger partial charge in [-0.25, -0.2) is 0 Å². The Bertz CT molecular complexity index is 1190. The summed E-state index contributed by atoms with van der Waals surface area (Å²) in [6.45, 7) is 0.115. The zero-order chi connectivity index (χ0) is 22.0. The van der Waals surface area contributed by atoms with Crippen molar-refractivity contribution in [2.75, 3.05) is 0 Å². The molecule has 1 unspecified atom stereocenters. The lowest BCUT2D eigenvalue weighted by Crippen LogP contribution is -2.29. The van der Waals surface area contributed by atoms with Crippen molar-refractivity contribution in [2.24, 2.45) is 0 Å². The highest BCUT2D eigenvalue weighted by Crippen LogP contribution is 2.41. The van der Waals surface area contributed by atoms with Crippen LogP contribution in [-0.4, -0.2) is 26.6 Å². The van der Waals surface area contributed by atoms with E-state index >= 15 is 0 Å². The molecule has 7 heteroatoms. The topological polar surface area (TPSA) is 101 Å². The van der Waals surface area contributed by atoms with Crippen LogP contribution in [0.2, 0.25) is 0 Å². The van der Waals surface area contributed by atoms with Crippen molar-refractivity contribution >= 4 is 23.1 Å². The summed E-state index contributed by atoms with van der Waals surface area (Å²) >= 11 is 0. The molecule has 1 saturated heterocycles. The highest BCUT2D eigenvalue weighted by atomic mass is 16.6. The number of aliphatic hydroxyl groups excluding tert-OH is 1. The summed E-state index contributed by atoms with van der Waals surface area (Å²) < 4.78 is 0. The number of rotatable bonds is 5. The first-order chi connectivity index (χ1) is 15.0. The average molecular weight is 414 g/mol. The van der Waals surface area contributed by atoms with E-state index < -0.39 is 22.7 Å². The summed E-state index contributed by atoms with van der Waals surface area (Å²) in [6, 6.07) is 22.4. The minimum absolute atomic E-state index is 0.0902. The van der Waals surface area contributed by atoms with E-state index in [0.29, 0.717) is 11.1 Å². The van der Waals surface area contributed by atoms with Gasteiger partial charge in [-0.2, -0.15) is 0 Å². The number of Topliss-reactive ketones (excluding diaryl/α,β-unsaturated/α-hetero) is 1. The molecule has 3 aromatic rings. The number of nitro benzene ring substituents is 1. The van der Waals surface area contributed by atoms with Crippen molar-refractivity contribution in [3.8, 4) is 0 Å². The number of hydrogen-bond donors (Lipinski definition) is 1. The number of non-ortho nitro benzene ring substituents is 1. The second-order valence-electron chi connectivity index (χ2n) is 7.13. The lowest BCUT2D eigenvalue weighted by atomic mass is 9.95. The molecule has 3 aromatic carbocycles. The van der Waals surface area contributed by atoms with Crippen LogP contribution in [0.4, 0.5) is 5.69 Å². The fraction of sp³-hybridized carbons (Fsp3) is 0.0833. The molecular formula is C24H18N2O5. The first-order valence-electron chi connectivity index (χ1n) is 9.59. The molecule has 31 heavy (non-hydrogen) atoms. The smallest absolute Gasteiger partial charge is 0.295 e. The highest BCUT2D eigenvalue weighted by Gasteiger charge is 2.46. The highest BCUT2D eigenvalue weighted by molar-refractivity contribution is 6.46. The van der Waals surface area contributed by atoms with Crippen LogP contribution >= 0.6 is 0 Å². The Morgan fingerprint density at radius 3 is 2.23 bits per heavy atom. The van der Waals surface area contributed by atoms with Crippen molar-refractivity contribution in [2.45, 2.75) is 12.6 Å². The van der Waals surface area contributed by atoms with Gasteiger partial charge in [0.05, 0.1) is 16.5 Å². The van der Waals surface area contributed by atoms with Gasteiger partial charge in [-0.15, -0.1) is 0 Å². The standard InChI is InChI=1S/C24H18N2O5/c27-22(17-10-5-2-6-11-17)20-21(18-12-7-13-19(14-18)26(30)31)25(24(29)23(20)28)15-16-8-3-1-4-9-16/h1-14,21,27H,15H2/b22-20+. The number of ketones is 1. The number of nitro groups is 1. The van der Waals surface area contributed by atoms with Crippen LogP contribution in [-0.2, 0) is 16.1 Å². The van der Waals surface area contributed by atoms with E-state index in [9.17, 15) is 24.8 Å². The van der Waals surface area contributed by atoms with Crippen LogP contribution in [0, 0.1) is 10.1 Å². The summed E-state index contributed by atoms with van der Waals surface area (Å²) in [5.74, 6) is -1.90. The van der Waals surface area contributed by atoms with Crippen LogP contribution in [0.3, 0.4) is 0 Å². The normalized spacial score (nSPS) is 17.7. The van der Waals surface area contributed by atoms with E-state index in [-0.39, 0.29) is 23.6 Å². The Hall–Kier alpha value is -4.26. The lowest BCUT2D eigenvalue weighted by molar-refractivity contribution is -0.384. The molecule has 0 bridgehead atoms. The number of hydrogen-bond acceptors (Lipinski definition) is 5. The molecule has 1 amide bonds. The monoisotopic (exact) mass is 414 g/mol. The number of carbonyl (C=O) groups excluding carboxylic acids is 2. The second-order valence-corrected chi connectivity index (χ2v) is 7.13. The van der Waals surface area contributed by atoms with E-state index in [1.165, 1.54) is 23.1 Å². The van der Waals surface area contributed by atoms with Crippen LogP contribution in [0.15, 0.2) is 90.5 Å². The number of carbonyl (C=O) groups is 2. The Kier molecular flexibility index (Phi) is 5.32. The first-order valence-corrected chi connectivity index (χ1v) is 9.59. The van der Waals surface area contributed by atoms with E-state index in [0.717, 1.165) is 5.56 Å². The van der Waals surface area contributed by atoms with E-state index in [2.05, 4.69) is 0 Å². The summed E-state index contributed by atoms with van der Waals surface area (Å²) in [6.07, 6.45) is 0. The molecule has 154 valence electrons. The number of nitrogens with zero attached hydrogens (tertiary/aromatic N) is 2. The van der Waals surface area contributed by atoms with Crippen LogP contribution in [0.5, 0.6) is 0 Å². The summed E-state index contributed by atoms with van der Waals surface area (Å²) in [7, 11) is 0. The Balaban J connectivity index is 1.89. The van der Waals surface area contributed by atoms with Crippen molar-refractivity contribution in [3.05, 3.63) is 117 Å². The summed E-state index contributed by atoms with van der Waals surface area (Å²) in [5.41, 5.74) is 1.30. The van der Waals surface area contributed by atoms with Gasteiger partial charge in [0.1, 0.15) is 5.76 Å². The third-order valence-corrected chi connectivity index (χ3v) is 5.18. The number of likely N-dealkylation sites (tertiary alicyclic amines) is 1. The van der Waals surface area contributed by atoms with E-state index in [4.69, 9.17) is 0 Å². The van der Waals surface area contributed by atoms with Crippen LogP contribution in [0.1, 0.15) is 22.7 Å². The van der Waals surface area contributed by atoms with Gasteiger partial charge in [-0.3, -0.25) is 19.7 Å². The predicted octanol–water partition coefficient (Wildman–Crippen LogP) is 4.22. The summed E-state index contributed by atoms with van der Waals surface area (Å²) in [5, 5.41) is 22.3. The number of amides is 1. The Morgan fingerprint density at radius 2 is 1.58 bits per heavy atom. The van der Waals surface area contributed by atoms with Gasteiger partial charge in [-0.1, -0.05) is 72.8 Å². The molecule has 1 atom stereocenters. The van der Waals surface area contributed by atoms with Crippen molar-refractivity contribution in [3.63, 3.8) is 0 Å². The molecule has 0 spiro atoms. The van der Waals surface area contributed by atoms with Gasteiger partial charge in [0, 0.05) is 24.2 Å². The van der Waals surface area contributed by atoms with Gasteiger partial charge in [0.25, 0.3) is 17.4 Å².